The number of piperazine rings is 1. The normalized spacial score (nSPS) is 15.1. The van der Waals surface area contributed by atoms with E-state index in [2.05, 4.69) is 37.1 Å². The summed E-state index contributed by atoms with van der Waals surface area (Å²) in [5, 5.41) is 4.84. The number of aromatic nitrogens is 1. The predicted molar refractivity (Wildman–Crippen MR) is 124 cm³/mol. The van der Waals surface area contributed by atoms with Crippen LogP contribution in [0, 0.1) is 6.92 Å². The second-order valence-electron chi connectivity index (χ2n) is 7.11. The maximum Gasteiger partial charge on any atom is 0.251 e. The maximum absolute atomic E-state index is 12.2. The van der Waals surface area contributed by atoms with E-state index in [1.54, 1.807) is 11.3 Å². The van der Waals surface area contributed by atoms with Crippen molar-refractivity contribution in [3.05, 3.63) is 57.0 Å². The van der Waals surface area contributed by atoms with E-state index in [1.165, 1.54) is 4.70 Å². The van der Waals surface area contributed by atoms with Crippen molar-refractivity contribution in [3.63, 3.8) is 0 Å². The minimum absolute atomic E-state index is 0.0281. The molecule has 29 heavy (non-hydrogen) atoms. The van der Waals surface area contributed by atoms with Gasteiger partial charge in [-0.2, -0.15) is 0 Å². The van der Waals surface area contributed by atoms with Gasteiger partial charge in [-0.1, -0.05) is 38.9 Å². The summed E-state index contributed by atoms with van der Waals surface area (Å²) in [6.45, 7) is 7.32. The molecule has 0 radical (unpaired) electrons. The van der Waals surface area contributed by atoms with E-state index in [9.17, 15) is 4.79 Å². The number of benzene rings is 2. The van der Waals surface area contributed by atoms with Crippen LogP contribution in [0.2, 0.25) is 5.02 Å². The molecule has 1 amide bonds. The van der Waals surface area contributed by atoms with Gasteiger partial charge in [-0.05, 0) is 48.9 Å². The molecule has 0 saturated carbocycles. The van der Waals surface area contributed by atoms with Crippen LogP contribution in [-0.4, -0.2) is 55.1 Å². The zero-order chi connectivity index (χ0) is 20.4. The van der Waals surface area contributed by atoms with Crippen molar-refractivity contribution < 1.29 is 4.79 Å². The van der Waals surface area contributed by atoms with Crippen LogP contribution < -0.4 is 10.2 Å². The van der Waals surface area contributed by atoms with Crippen LogP contribution in [0.1, 0.15) is 15.9 Å². The van der Waals surface area contributed by atoms with E-state index < -0.39 is 0 Å². The smallest absolute Gasteiger partial charge is 0.251 e. The third kappa shape index (κ3) is 4.74. The monoisotopic (exact) mass is 492 g/mol. The van der Waals surface area contributed by atoms with Gasteiger partial charge in [-0.15, -0.1) is 0 Å². The van der Waals surface area contributed by atoms with Gasteiger partial charge in [0.25, 0.3) is 5.91 Å². The number of thiazole rings is 1. The van der Waals surface area contributed by atoms with Crippen molar-refractivity contribution in [1.82, 2.24) is 15.2 Å². The number of nitrogens with one attached hydrogen (secondary N) is 1. The van der Waals surface area contributed by atoms with Gasteiger partial charge in [0.05, 0.1) is 10.2 Å². The second-order valence-corrected chi connectivity index (χ2v) is 9.44. The Morgan fingerprint density at radius 1 is 1.17 bits per heavy atom. The summed E-state index contributed by atoms with van der Waals surface area (Å²) in [5.74, 6) is -0.0281. The zero-order valence-electron chi connectivity index (χ0n) is 16.1. The van der Waals surface area contributed by atoms with Gasteiger partial charge in [0.1, 0.15) is 0 Å². The van der Waals surface area contributed by atoms with Gasteiger partial charge in [0, 0.05) is 54.3 Å². The minimum atomic E-state index is -0.0281. The van der Waals surface area contributed by atoms with E-state index in [4.69, 9.17) is 16.6 Å². The number of halogens is 2. The molecule has 1 N–H and O–H groups in total. The van der Waals surface area contributed by atoms with E-state index in [0.29, 0.717) is 12.1 Å². The molecule has 8 heteroatoms. The molecule has 0 bridgehead atoms. The average Bonchev–Trinajstić information content (AvgIpc) is 3.17. The molecule has 3 aromatic rings. The highest BCUT2D eigenvalue weighted by Crippen LogP contribution is 2.33. The van der Waals surface area contributed by atoms with Crippen LogP contribution in [-0.2, 0) is 0 Å². The molecule has 1 saturated heterocycles. The fraction of sp³-hybridized carbons (Fsp3) is 0.333. The molecular formula is C21H22BrClN4OS. The van der Waals surface area contributed by atoms with E-state index in [0.717, 1.165) is 58.4 Å². The van der Waals surface area contributed by atoms with Gasteiger partial charge in [-0.3, -0.25) is 9.69 Å². The Kier molecular flexibility index (Phi) is 6.39. The maximum atomic E-state index is 12.2. The topological polar surface area (TPSA) is 48.5 Å². The molecule has 0 aliphatic carbocycles. The number of nitrogens with zero attached hydrogens (tertiary/aromatic N) is 3. The van der Waals surface area contributed by atoms with Gasteiger partial charge in [0.2, 0.25) is 0 Å². The molecule has 2 heterocycles. The summed E-state index contributed by atoms with van der Waals surface area (Å²) in [5.41, 5.74) is 2.74. The standard InChI is InChI=1S/C21H22BrClN4OS/c1-14-17(23)6-7-18-19(14)25-21(29-18)27-12-10-26(11-13-27)9-8-24-20(28)15-2-4-16(22)5-3-15/h2-7H,8-13H2,1H3,(H,24,28). The first-order valence-corrected chi connectivity index (χ1v) is 11.6. The number of fused-ring (bicyclic) bond motifs is 1. The molecule has 0 unspecified atom stereocenters. The molecule has 1 aliphatic rings. The lowest BCUT2D eigenvalue weighted by Crippen LogP contribution is -2.48. The highest BCUT2D eigenvalue weighted by Gasteiger charge is 2.20. The summed E-state index contributed by atoms with van der Waals surface area (Å²) in [7, 11) is 0. The van der Waals surface area contributed by atoms with Gasteiger partial charge in [0.15, 0.2) is 5.13 Å². The van der Waals surface area contributed by atoms with Crippen LogP contribution in [0.15, 0.2) is 40.9 Å². The van der Waals surface area contributed by atoms with Crippen molar-refractivity contribution in [1.29, 1.82) is 0 Å². The molecule has 1 fully saturated rings. The molecule has 2 aromatic carbocycles. The Balaban J connectivity index is 1.27. The zero-order valence-corrected chi connectivity index (χ0v) is 19.3. The lowest BCUT2D eigenvalue weighted by atomic mass is 10.2. The molecule has 1 aliphatic heterocycles. The van der Waals surface area contributed by atoms with Gasteiger partial charge in [-0.25, -0.2) is 4.98 Å². The summed E-state index contributed by atoms with van der Waals surface area (Å²) in [4.78, 5) is 21.8. The summed E-state index contributed by atoms with van der Waals surface area (Å²) >= 11 is 11.3. The molecule has 0 spiro atoms. The third-order valence-electron chi connectivity index (χ3n) is 5.20. The summed E-state index contributed by atoms with van der Waals surface area (Å²) < 4.78 is 2.15. The van der Waals surface area contributed by atoms with Crippen LogP contribution in [0.4, 0.5) is 5.13 Å². The van der Waals surface area contributed by atoms with Crippen molar-refractivity contribution in [2.45, 2.75) is 6.92 Å². The largest absolute Gasteiger partial charge is 0.351 e. The number of carbonyl (C=O) groups is 1. The van der Waals surface area contributed by atoms with Crippen LogP contribution in [0.5, 0.6) is 0 Å². The summed E-state index contributed by atoms with van der Waals surface area (Å²) in [6, 6.07) is 11.4. The fourth-order valence-electron chi connectivity index (χ4n) is 3.42. The summed E-state index contributed by atoms with van der Waals surface area (Å²) in [6.07, 6.45) is 0. The lowest BCUT2D eigenvalue weighted by Gasteiger charge is -2.34. The molecule has 4 rings (SSSR count). The molecular weight excluding hydrogens is 472 g/mol. The Morgan fingerprint density at radius 3 is 2.62 bits per heavy atom. The number of hydrogen-bond acceptors (Lipinski definition) is 5. The Bertz CT molecular complexity index is 1020. The number of amides is 1. The lowest BCUT2D eigenvalue weighted by molar-refractivity contribution is 0.0948. The highest BCUT2D eigenvalue weighted by atomic mass is 79.9. The van der Waals surface area contributed by atoms with E-state index in [-0.39, 0.29) is 5.91 Å². The van der Waals surface area contributed by atoms with E-state index >= 15 is 0 Å². The average molecular weight is 494 g/mol. The SMILES string of the molecule is Cc1c(Cl)ccc2sc(N3CCN(CCNC(=O)c4ccc(Br)cc4)CC3)nc12. The number of carbonyl (C=O) groups excluding carboxylic acids is 1. The van der Waals surface area contributed by atoms with Crippen molar-refractivity contribution in [2.75, 3.05) is 44.2 Å². The van der Waals surface area contributed by atoms with Crippen LogP contribution >= 0.6 is 38.9 Å². The Labute approximate surface area is 187 Å². The molecule has 0 atom stereocenters. The predicted octanol–water partition coefficient (Wildman–Crippen LogP) is 4.57. The number of rotatable bonds is 5. The molecule has 152 valence electrons. The first kappa shape index (κ1) is 20.6. The van der Waals surface area contributed by atoms with Crippen molar-refractivity contribution in [3.8, 4) is 0 Å². The van der Waals surface area contributed by atoms with Gasteiger partial charge >= 0.3 is 0 Å². The first-order chi connectivity index (χ1) is 14.0. The molecule has 5 nitrogen and oxygen atoms in total. The minimum Gasteiger partial charge on any atom is -0.351 e. The van der Waals surface area contributed by atoms with Crippen molar-refractivity contribution >= 4 is 60.1 Å². The quantitative estimate of drug-likeness (QED) is 0.565. The highest BCUT2D eigenvalue weighted by molar-refractivity contribution is 9.10. The fourth-order valence-corrected chi connectivity index (χ4v) is 4.91. The van der Waals surface area contributed by atoms with Crippen LogP contribution in [0.3, 0.4) is 0 Å². The number of hydrogen-bond donors (Lipinski definition) is 1. The van der Waals surface area contributed by atoms with Crippen molar-refractivity contribution in [2.24, 2.45) is 0 Å². The second kappa shape index (κ2) is 9.00. The third-order valence-corrected chi connectivity index (χ3v) is 7.22. The van der Waals surface area contributed by atoms with E-state index in [1.807, 2.05) is 37.3 Å². The molecule has 1 aromatic heterocycles. The van der Waals surface area contributed by atoms with Gasteiger partial charge < -0.3 is 10.2 Å². The van der Waals surface area contributed by atoms with Crippen LogP contribution in [0.25, 0.3) is 10.2 Å². The number of anilines is 1. The number of aryl methyl sites for hydroxylation is 1. The first-order valence-electron chi connectivity index (χ1n) is 9.58. The Hall–Kier alpha value is -1.67. The Morgan fingerprint density at radius 2 is 1.90 bits per heavy atom.